The molecule has 2 aliphatic rings. The van der Waals surface area contributed by atoms with Crippen LogP contribution in [0.2, 0.25) is 0 Å². The summed E-state index contributed by atoms with van der Waals surface area (Å²) in [7, 11) is 0. The van der Waals surface area contributed by atoms with Crippen LogP contribution in [-0.2, 0) is 71.4 Å². The molecule has 118 heavy (non-hydrogen) atoms. The number of aliphatic hydroxyl groups excluding tert-OH is 1. The number of nitrogens with two attached hydrogens (primary N) is 1. The molecule has 0 fully saturated rings. The molecular weight excluding hydrogens is 1610 g/mol. The van der Waals surface area contributed by atoms with Crippen molar-refractivity contribution in [1.82, 2.24) is 21.3 Å². The molecule has 0 aromatic heterocycles. The number of carbonyl (C=O) groups is 10. The molecule has 5 atom stereocenters. The molecule has 6 rings (SSSR count). The Balaban J connectivity index is -0.00000136. The summed E-state index contributed by atoms with van der Waals surface area (Å²) in [5.41, 5.74) is 15.1. The van der Waals surface area contributed by atoms with Gasteiger partial charge in [0.1, 0.15) is 36.1 Å². The first-order valence-electron chi connectivity index (χ1n) is 38.6. The van der Waals surface area contributed by atoms with Crippen LogP contribution < -0.4 is 56.6 Å². The molecule has 4 amide bonds. The summed E-state index contributed by atoms with van der Waals surface area (Å²) in [4.78, 5) is 111. The maximum absolute atomic E-state index is 12.2. The maximum Gasteiger partial charge on any atom is 1.00 e. The van der Waals surface area contributed by atoms with Crippen molar-refractivity contribution in [2.45, 2.75) is 217 Å². The molecule has 2 aliphatic carbocycles. The van der Waals surface area contributed by atoms with Crippen molar-refractivity contribution >= 4 is 76.1 Å². The van der Waals surface area contributed by atoms with Gasteiger partial charge in [0.15, 0.2) is 24.2 Å². The summed E-state index contributed by atoms with van der Waals surface area (Å²) in [6.45, 7) is 38.6. The Morgan fingerprint density at radius 1 is 0.424 bits per heavy atom. The summed E-state index contributed by atoms with van der Waals surface area (Å²) in [6, 6.07) is 27.1. The molecule has 0 unspecified atom stereocenters. The number of aliphatic hydroxyl groups is 1. The van der Waals surface area contributed by atoms with Gasteiger partial charge in [0, 0.05) is 43.9 Å². The molecule has 0 radical (unpaired) electrons. The fraction of sp³-hybridized carbons (Fsp3) is 0.558. The molecule has 0 aliphatic heterocycles. The third kappa shape index (κ3) is 51.7. The molecule has 12 N–H and O–H groups in total. The largest absolute Gasteiger partial charge is 1.00 e. The first-order valence-corrected chi connectivity index (χ1v) is 39.7. The minimum absolute atomic E-state index is 0. The van der Waals surface area contributed by atoms with Crippen LogP contribution in [0.5, 0.6) is 0 Å². The SMILES string of the molecule is CC(=O)OCC1c2ccccc2-c2ccccc21.CC(C)(C)OC(=O)N[C@@H](CO)C(=O)O.CC(C)=CCBr.CC(C)=CCOC[C@H](NC(=O)OC(C)(C)C)C(=O)O.CC(C)CCOC[C@H](N)C(=O)O.CC(C)CCOC[C@H](NC(=O)OC(C)(C)C)C(=O)O.CC(C)CCOC[C@H](NC(=O)OCC1c2ccccc2-c2ccccc21)C(=O)O.[H-].[Na+]. The summed E-state index contributed by atoms with van der Waals surface area (Å²) >= 11 is 3.27. The van der Waals surface area contributed by atoms with Crippen molar-refractivity contribution < 1.29 is 152 Å². The number of esters is 1. The van der Waals surface area contributed by atoms with Crippen molar-refractivity contribution in [3.05, 3.63) is 143 Å². The van der Waals surface area contributed by atoms with E-state index in [9.17, 15) is 53.1 Å². The molecule has 0 saturated heterocycles. The molecule has 0 bridgehead atoms. The summed E-state index contributed by atoms with van der Waals surface area (Å²) in [5.74, 6) is -4.38. The number of allylic oxidation sites excluding steroid dienone is 3. The van der Waals surface area contributed by atoms with Gasteiger partial charge in [-0.15, -0.1) is 0 Å². The van der Waals surface area contributed by atoms with Crippen molar-refractivity contribution in [2.75, 3.05) is 78.0 Å². The predicted octanol–water partition coefficient (Wildman–Crippen LogP) is 11.3. The second-order valence-electron chi connectivity index (χ2n) is 31.7. The number of halogens is 1. The Morgan fingerprint density at radius 2 is 0.703 bits per heavy atom. The number of carboxylic acid groups (broad SMARTS) is 5. The zero-order valence-corrected chi connectivity index (χ0v) is 76.3. The third-order valence-electron chi connectivity index (χ3n) is 15.6. The van der Waals surface area contributed by atoms with E-state index in [0.29, 0.717) is 50.8 Å². The second-order valence-corrected chi connectivity index (χ2v) is 32.3. The monoisotopic (exact) mass is 1740 g/mol. The molecule has 658 valence electrons. The van der Waals surface area contributed by atoms with Crippen LogP contribution in [0.1, 0.15) is 193 Å². The van der Waals surface area contributed by atoms with Gasteiger partial charge in [-0.25, -0.2) is 38.4 Å². The van der Waals surface area contributed by atoms with Crippen LogP contribution in [0.25, 0.3) is 22.3 Å². The number of alkyl halides is 1. The molecule has 0 heterocycles. The van der Waals surface area contributed by atoms with Gasteiger partial charge in [0.05, 0.1) is 39.6 Å². The first kappa shape index (κ1) is 112. The minimum Gasteiger partial charge on any atom is -1.00 e. The van der Waals surface area contributed by atoms with Crippen LogP contribution in [0.4, 0.5) is 19.2 Å². The zero-order valence-electron chi connectivity index (χ0n) is 73.7. The number of hydrogen-bond donors (Lipinski definition) is 11. The molecule has 0 saturated carbocycles. The van der Waals surface area contributed by atoms with Crippen LogP contribution in [0, 0.1) is 17.8 Å². The van der Waals surface area contributed by atoms with Gasteiger partial charge in [0.25, 0.3) is 0 Å². The quantitative estimate of drug-likeness (QED) is 0.00517. The predicted molar refractivity (Wildman–Crippen MR) is 450 cm³/mol. The van der Waals surface area contributed by atoms with E-state index in [1.807, 2.05) is 85.9 Å². The maximum atomic E-state index is 12.2. The van der Waals surface area contributed by atoms with Crippen molar-refractivity contribution in [2.24, 2.45) is 23.5 Å². The normalized spacial score (nSPS) is 12.8. The zero-order chi connectivity index (χ0) is 89.3. The van der Waals surface area contributed by atoms with Gasteiger partial charge in [-0.05, 0) is 172 Å². The molecule has 30 nitrogen and oxygen atoms in total. The van der Waals surface area contributed by atoms with Crippen molar-refractivity contribution in [3.63, 3.8) is 0 Å². The van der Waals surface area contributed by atoms with E-state index in [1.165, 1.54) is 34.8 Å². The van der Waals surface area contributed by atoms with E-state index in [-0.39, 0.29) is 81.8 Å². The number of fused-ring (bicyclic) bond motifs is 6. The average Bonchev–Trinajstić information content (AvgIpc) is 1.62. The molecule has 4 aromatic rings. The Kier molecular flexibility index (Phi) is 56.0. The van der Waals surface area contributed by atoms with Crippen LogP contribution >= 0.6 is 15.9 Å². The van der Waals surface area contributed by atoms with Gasteiger partial charge >= 0.3 is 89.7 Å². The number of alkyl carbamates (subject to hydrolysis) is 4. The van der Waals surface area contributed by atoms with Crippen molar-refractivity contribution in [3.8, 4) is 22.3 Å². The fourth-order valence-electron chi connectivity index (χ4n) is 9.69. The van der Waals surface area contributed by atoms with Crippen LogP contribution in [0.3, 0.4) is 0 Å². The number of ether oxygens (including phenoxy) is 9. The summed E-state index contributed by atoms with van der Waals surface area (Å²) < 4.78 is 46.2. The van der Waals surface area contributed by atoms with Gasteiger partial charge < -0.3 is 102 Å². The van der Waals surface area contributed by atoms with E-state index in [2.05, 4.69) is 130 Å². The van der Waals surface area contributed by atoms with E-state index in [1.54, 1.807) is 62.3 Å². The Hall–Kier alpha value is -8.50. The number of carboxylic acids is 5. The van der Waals surface area contributed by atoms with E-state index in [0.717, 1.165) is 52.4 Å². The molecule has 0 spiro atoms. The smallest absolute Gasteiger partial charge is 1.00 e. The average molecular weight is 1740 g/mol. The van der Waals surface area contributed by atoms with Gasteiger partial charge in [-0.3, -0.25) is 9.59 Å². The van der Waals surface area contributed by atoms with E-state index < -0.39 is 108 Å². The van der Waals surface area contributed by atoms with E-state index >= 15 is 0 Å². The number of rotatable bonds is 34. The van der Waals surface area contributed by atoms with Crippen LogP contribution in [-0.4, -0.2) is 216 Å². The second kappa shape index (κ2) is 59.2. The van der Waals surface area contributed by atoms with E-state index in [4.69, 9.17) is 73.9 Å². The standard InChI is InChI=1S/C23H27NO5.C16H14O2.C13H25NO5.C13H23NO5.C8H15NO5.C8H17NO3.C5H9Br.Na.H/c1-15(2)11-12-28-14-21(22(25)26)24-23(27)29-13-20-18-9-5-3-7-16(18)17-8-4-6-10-19(17)20;1-11(17)18-10-16-14-8-4-2-6-12(14)13-7-3-5-9-15(13)16;2*1-9(2)6-7-18-8-10(11(15)16)14-12(17)19-13(3,4)5;1-8(2,3)14-7(13)9-5(4-10)6(11)12;1-6(2)3-4-12-5-7(9)8(10)11;1-5(2)3-4-6;;/h3-10,15,20-21H,11-14H2,1-2H3,(H,24,27)(H,25,26);2-9,16H,10H2,1H3;9-10H,6-8H2,1-5H3,(H,14,17)(H,15,16);6,10H,7-8H2,1-5H3,(H,14,17)(H,15,16);5,10H,4H2,1-3H3,(H,9,13)(H,11,12);6-7H,3-5,9H2,1-2H3,(H,10,11);3H,4H2,1-2H3;;/q;;;;;;;+1;-1/t21-;;2*10-;5-;7-;;;/m0.0000.../s1. The number of nitrogens with one attached hydrogen (secondary N) is 4. The van der Waals surface area contributed by atoms with Gasteiger partial charge in [-0.1, -0.05) is 178 Å². The molecule has 4 aromatic carbocycles. The van der Waals surface area contributed by atoms with Crippen molar-refractivity contribution in [1.29, 1.82) is 0 Å². The Labute approximate surface area is 728 Å². The third-order valence-corrected chi connectivity index (χ3v) is 15.9. The van der Waals surface area contributed by atoms with Gasteiger partial charge in [-0.2, -0.15) is 0 Å². The summed E-state index contributed by atoms with van der Waals surface area (Å²) in [6.07, 6.45) is 3.41. The number of aliphatic carboxylic acids is 5. The Morgan fingerprint density at radius 3 is 0.958 bits per heavy atom. The summed E-state index contributed by atoms with van der Waals surface area (Å²) in [5, 5.41) is 62.6. The molecular formula is C86H131BrN5NaO25. The first-order chi connectivity index (χ1) is 54.5. The Bertz CT molecular complexity index is 3670. The van der Waals surface area contributed by atoms with Crippen LogP contribution in [0.15, 0.2) is 120 Å². The topological polar surface area (TPSA) is 449 Å². The molecule has 32 heteroatoms. The number of benzene rings is 4. The minimum atomic E-state index is -1.33. The fourth-order valence-corrected chi connectivity index (χ4v) is 10.3. The number of hydrogen-bond acceptors (Lipinski definition) is 21. The number of amides is 4. The van der Waals surface area contributed by atoms with Gasteiger partial charge in [0.2, 0.25) is 0 Å². The number of carbonyl (C=O) groups excluding carboxylic acids is 5.